The van der Waals surface area contributed by atoms with Crippen molar-refractivity contribution in [2.24, 2.45) is 0 Å². The van der Waals surface area contributed by atoms with Gasteiger partial charge in [0.25, 0.3) is 0 Å². The summed E-state index contributed by atoms with van der Waals surface area (Å²) in [5.74, 6) is 0.782. The fourth-order valence-corrected chi connectivity index (χ4v) is 6.17. The van der Waals surface area contributed by atoms with Crippen molar-refractivity contribution < 1.29 is 10.2 Å². The Morgan fingerprint density at radius 2 is 1.09 bits per heavy atom. The molecule has 0 spiro atoms. The highest BCUT2D eigenvalue weighted by molar-refractivity contribution is 5.85. The molecule has 0 radical (unpaired) electrons. The maximum atomic E-state index is 9.68. The standard InChI is InChI=1S/2C15H23NO.ClH/c2*1-3-15(9-4-5-10-16(2)12-15)13-7-6-8-14(17)11-13;/h2*6-8,11,17H,3-5,9-10,12H2,1-2H3;1H. The van der Waals surface area contributed by atoms with Gasteiger partial charge in [0.05, 0.1) is 0 Å². The molecule has 4 rings (SSSR count). The second kappa shape index (κ2) is 13.5. The van der Waals surface area contributed by atoms with Crippen LogP contribution in [0.5, 0.6) is 11.5 Å². The molecule has 2 fully saturated rings. The molecule has 2 atom stereocenters. The van der Waals surface area contributed by atoms with E-state index in [1.807, 2.05) is 24.3 Å². The molecule has 2 saturated heterocycles. The largest absolute Gasteiger partial charge is 0.508 e. The molecule has 2 N–H and O–H groups in total. The van der Waals surface area contributed by atoms with Crippen LogP contribution in [0.25, 0.3) is 0 Å². The molecule has 0 bridgehead atoms. The zero-order valence-corrected chi connectivity index (χ0v) is 23.1. The zero-order chi connectivity index (χ0) is 24.6. The van der Waals surface area contributed by atoms with Crippen molar-refractivity contribution in [1.82, 2.24) is 9.80 Å². The van der Waals surface area contributed by atoms with Crippen LogP contribution in [-0.2, 0) is 10.8 Å². The number of hydrogen-bond donors (Lipinski definition) is 2. The third-order valence-electron chi connectivity index (χ3n) is 8.31. The Labute approximate surface area is 219 Å². The van der Waals surface area contributed by atoms with Gasteiger partial charge in [0.2, 0.25) is 0 Å². The summed E-state index contributed by atoms with van der Waals surface area (Å²) in [6.07, 6.45) is 9.89. The fourth-order valence-electron chi connectivity index (χ4n) is 6.17. The fraction of sp³-hybridized carbons (Fsp3) is 0.600. The Bertz CT molecular complexity index is 834. The summed E-state index contributed by atoms with van der Waals surface area (Å²) in [7, 11) is 4.41. The van der Waals surface area contributed by atoms with Gasteiger partial charge in [-0.25, -0.2) is 0 Å². The molecule has 2 aliphatic heterocycles. The molecular formula is C30H47ClN2O2. The highest BCUT2D eigenvalue weighted by atomic mass is 35.5. The topological polar surface area (TPSA) is 46.9 Å². The highest BCUT2D eigenvalue weighted by Gasteiger charge is 2.34. The summed E-state index contributed by atoms with van der Waals surface area (Å²) in [6, 6.07) is 15.7. The van der Waals surface area contributed by atoms with Crippen molar-refractivity contribution in [2.75, 3.05) is 40.3 Å². The summed E-state index contributed by atoms with van der Waals surface area (Å²) >= 11 is 0. The van der Waals surface area contributed by atoms with Gasteiger partial charge < -0.3 is 20.0 Å². The average Bonchev–Trinajstić information content (AvgIpc) is 3.15. The number of hydrogen-bond acceptors (Lipinski definition) is 4. The molecule has 4 nitrogen and oxygen atoms in total. The van der Waals surface area contributed by atoms with Crippen molar-refractivity contribution in [2.45, 2.75) is 76.0 Å². The van der Waals surface area contributed by atoms with Gasteiger partial charge in [0.15, 0.2) is 0 Å². The van der Waals surface area contributed by atoms with Gasteiger partial charge in [-0.15, -0.1) is 12.4 Å². The lowest BCUT2D eigenvalue weighted by Gasteiger charge is -2.35. The highest BCUT2D eigenvalue weighted by Crippen LogP contribution is 2.38. The van der Waals surface area contributed by atoms with Crippen LogP contribution in [0.2, 0.25) is 0 Å². The molecule has 0 amide bonds. The number of likely N-dealkylation sites (N-methyl/N-ethyl adjacent to an activating group) is 2. The molecule has 0 aliphatic carbocycles. The number of phenolic OH excluding ortho intramolecular Hbond substituents is 2. The molecule has 0 saturated carbocycles. The van der Waals surface area contributed by atoms with E-state index < -0.39 is 0 Å². The van der Waals surface area contributed by atoms with Gasteiger partial charge in [-0.05, 0) is 101 Å². The minimum atomic E-state index is 0. The number of nitrogens with zero attached hydrogens (tertiary/aromatic N) is 2. The smallest absolute Gasteiger partial charge is 0.115 e. The van der Waals surface area contributed by atoms with Gasteiger partial charge in [-0.2, -0.15) is 0 Å². The number of likely N-dealkylation sites (tertiary alicyclic amines) is 2. The first kappa shape index (κ1) is 29.5. The second-order valence-corrected chi connectivity index (χ2v) is 10.8. The van der Waals surface area contributed by atoms with E-state index in [-0.39, 0.29) is 23.2 Å². The normalized spacial score (nSPS) is 25.9. The first-order valence-corrected chi connectivity index (χ1v) is 13.3. The lowest BCUT2D eigenvalue weighted by atomic mass is 9.74. The summed E-state index contributed by atoms with van der Waals surface area (Å²) in [4.78, 5) is 4.86. The molecule has 2 unspecified atom stereocenters. The number of phenols is 2. The lowest BCUT2D eigenvalue weighted by Crippen LogP contribution is -2.37. The summed E-state index contributed by atoms with van der Waals surface area (Å²) in [6.45, 7) is 9.13. The number of halogens is 1. The molecule has 5 heteroatoms. The Hall–Kier alpha value is -1.75. The van der Waals surface area contributed by atoms with Crippen LogP contribution in [0.1, 0.15) is 76.3 Å². The van der Waals surface area contributed by atoms with Gasteiger partial charge in [-0.3, -0.25) is 0 Å². The number of aromatic hydroxyl groups is 2. The third-order valence-corrected chi connectivity index (χ3v) is 8.31. The predicted molar refractivity (Wildman–Crippen MR) is 150 cm³/mol. The minimum absolute atomic E-state index is 0. The third kappa shape index (κ3) is 7.62. The van der Waals surface area contributed by atoms with E-state index in [1.54, 1.807) is 12.1 Å². The molecule has 2 heterocycles. The molecule has 2 aromatic carbocycles. The molecular weight excluding hydrogens is 456 g/mol. The van der Waals surface area contributed by atoms with E-state index in [9.17, 15) is 10.2 Å². The number of benzene rings is 2. The summed E-state index contributed by atoms with van der Waals surface area (Å²) < 4.78 is 0. The van der Waals surface area contributed by atoms with E-state index in [0.29, 0.717) is 11.5 Å². The zero-order valence-electron chi connectivity index (χ0n) is 22.3. The van der Waals surface area contributed by atoms with E-state index in [4.69, 9.17) is 0 Å². The Kier molecular flexibility index (Phi) is 11.4. The summed E-state index contributed by atoms with van der Waals surface area (Å²) in [5, 5.41) is 19.4. The Balaban J connectivity index is 0.000000240. The molecule has 0 aromatic heterocycles. The second-order valence-electron chi connectivity index (χ2n) is 10.8. The molecule has 2 aromatic rings. The first-order valence-electron chi connectivity index (χ1n) is 13.3. The van der Waals surface area contributed by atoms with E-state index in [2.05, 4.69) is 49.9 Å². The van der Waals surface area contributed by atoms with E-state index in [0.717, 1.165) is 25.9 Å². The van der Waals surface area contributed by atoms with Crippen molar-refractivity contribution in [1.29, 1.82) is 0 Å². The van der Waals surface area contributed by atoms with Gasteiger partial charge >= 0.3 is 0 Å². The van der Waals surface area contributed by atoms with Gasteiger partial charge in [0, 0.05) is 23.9 Å². The maximum Gasteiger partial charge on any atom is 0.115 e. The van der Waals surface area contributed by atoms with Gasteiger partial charge in [-0.1, -0.05) is 51.0 Å². The Morgan fingerprint density at radius 1 is 0.686 bits per heavy atom. The molecule has 196 valence electrons. The lowest BCUT2D eigenvalue weighted by molar-refractivity contribution is 0.256. The monoisotopic (exact) mass is 502 g/mol. The van der Waals surface area contributed by atoms with E-state index in [1.165, 1.54) is 62.7 Å². The minimum Gasteiger partial charge on any atom is -0.508 e. The van der Waals surface area contributed by atoms with Crippen LogP contribution >= 0.6 is 12.4 Å². The van der Waals surface area contributed by atoms with Crippen molar-refractivity contribution >= 4 is 12.4 Å². The first-order chi connectivity index (χ1) is 16.3. The predicted octanol–water partition coefficient (Wildman–Crippen LogP) is 6.73. The van der Waals surface area contributed by atoms with Crippen molar-refractivity contribution in [3.63, 3.8) is 0 Å². The maximum absolute atomic E-state index is 9.68. The van der Waals surface area contributed by atoms with Crippen molar-refractivity contribution in [3.05, 3.63) is 59.7 Å². The average molecular weight is 503 g/mol. The van der Waals surface area contributed by atoms with Crippen LogP contribution in [-0.4, -0.2) is 60.3 Å². The number of rotatable bonds is 4. The van der Waals surface area contributed by atoms with Crippen LogP contribution in [0.15, 0.2) is 48.5 Å². The SMILES string of the molecule is CCC1(c2cccc(O)c2)CCCCN(C)C1.CCC1(c2cccc(O)c2)CCCCN(C)C1.Cl. The van der Waals surface area contributed by atoms with Crippen LogP contribution in [0.4, 0.5) is 0 Å². The Morgan fingerprint density at radius 3 is 1.43 bits per heavy atom. The van der Waals surface area contributed by atoms with Crippen LogP contribution in [0, 0.1) is 0 Å². The summed E-state index contributed by atoms with van der Waals surface area (Å²) in [5.41, 5.74) is 3.05. The van der Waals surface area contributed by atoms with Crippen LogP contribution < -0.4 is 0 Å². The molecule has 2 aliphatic rings. The molecule has 35 heavy (non-hydrogen) atoms. The quantitative estimate of drug-likeness (QED) is 0.486. The van der Waals surface area contributed by atoms with E-state index >= 15 is 0 Å². The van der Waals surface area contributed by atoms with Crippen molar-refractivity contribution in [3.8, 4) is 11.5 Å². The van der Waals surface area contributed by atoms with Gasteiger partial charge in [0.1, 0.15) is 11.5 Å². The van der Waals surface area contributed by atoms with Crippen LogP contribution in [0.3, 0.4) is 0 Å².